The molecule has 2 amide bonds. The second kappa shape index (κ2) is 7.89. The van der Waals surface area contributed by atoms with Crippen LogP contribution in [0.15, 0.2) is 35.4 Å². The van der Waals surface area contributed by atoms with Gasteiger partial charge in [-0.05, 0) is 30.7 Å². The summed E-state index contributed by atoms with van der Waals surface area (Å²) in [7, 11) is 0. The maximum absolute atomic E-state index is 12.5. The van der Waals surface area contributed by atoms with Crippen LogP contribution in [0.25, 0.3) is 0 Å². The summed E-state index contributed by atoms with van der Waals surface area (Å²) < 4.78 is 0. The molecular formula is C15H21N5O2S. The van der Waals surface area contributed by atoms with Gasteiger partial charge in [0.25, 0.3) is 11.8 Å². The predicted octanol–water partition coefficient (Wildman–Crippen LogP) is 0.350. The summed E-state index contributed by atoms with van der Waals surface area (Å²) in [5.74, 6) is -0.301. The Bertz CT molecular complexity index is 602. The Morgan fingerprint density at radius 1 is 1.04 bits per heavy atom. The summed E-state index contributed by atoms with van der Waals surface area (Å²) in [4.78, 5) is 28.1. The molecule has 124 valence electrons. The van der Waals surface area contributed by atoms with Crippen LogP contribution >= 0.6 is 11.9 Å². The fourth-order valence-corrected chi connectivity index (χ4v) is 2.69. The number of amides is 2. The molecule has 23 heavy (non-hydrogen) atoms. The normalized spacial score (nSPS) is 16.1. The fourth-order valence-electron chi connectivity index (χ4n) is 2.44. The molecule has 1 aromatic carbocycles. The van der Waals surface area contributed by atoms with E-state index in [1.54, 1.807) is 34.1 Å². The van der Waals surface area contributed by atoms with Crippen molar-refractivity contribution in [2.24, 2.45) is 10.9 Å². The molecule has 0 atom stereocenters. The Labute approximate surface area is 139 Å². The van der Waals surface area contributed by atoms with Gasteiger partial charge in [-0.2, -0.15) is 0 Å². The molecule has 8 heteroatoms. The average molecular weight is 335 g/mol. The topological polar surface area (TPSA) is 119 Å². The van der Waals surface area contributed by atoms with Crippen LogP contribution in [0.5, 0.6) is 0 Å². The van der Waals surface area contributed by atoms with E-state index >= 15 is 0 Å². The third-order valence-electron chi connectivity index (χ3n) is 3.67. The number of hydrogen-bond acceptors (Lipinski definition) is 6. The van der Waals surface area contributed by atoms with E-state index in [0.717, 1.165) is 11.9 Å². The minimum absolute atomic E-state index is 0.0553. The quantitative estimate of drug-likeness (QED) is 0.417. The minimum atomic E-state index is -0.246. The van der Waals surface area contributed by atoms with Crippen LogP contribution in [0.2, 0.25) is 0 Å². The summed E-state index contributed by atoms with van der Waals surface area (Å²) in [5, 5.41) is 6.71. The maximum atomic E-state index is 12.5. The van der Waals surface area contributed by atoms with Gasteiger partial charge in [-0.15, -0.1) is 0 Å². The van der Waals surface area contributed by atoms with Crippen LogP contribution < -0.4 is 16.6 Å². The van der Waals surface area contributed by atoms with Crippen molar-refractivity contribution < 1.29 is 9.59 Å². The lowest BCUT2D eigenvalue weighted by Crippen LogP contribution is -2.39. The van der Waals surface area contributed by atoms with Gasteiger partial charge in [0.05, 0.1) is 0 Å². The second-order valence-corrected chi connectivity index (χ2v) is 5.78. The number of anilines is 1. The molecule has 0 spiro atoms. The number of carbonyl (C=O) groups excluding carboxylic acids is 2. The van der Waals surface area contributed by atoms with E-state index in [1.807, 2.05) is 0 Å². The van der Waals surface area contributed by atoms with Gasteiger partial charge in [0.15, 0.2) is 0 Å². The van der Waals surface area contributed by atoms with Crippen molar-refractivity contribution >= 4 is 29.4 Å². The number of nitrogens with zero attached hydrogens (tertiary/aromatic N) is 2. The molecule has 7 nitrogen and oxygen atoms in total. The highest BCUT2D eigenvalue weighted by molar-refractivity contribution is 8.00. The molecule has 0 aromatic heterocycles. The SMILES string of the molecule is NS/C=C(\N)C(=O)N1CCCN(C(=O)c2ccc(N)cc2)CC1. The van der Waals surface area contributed by atoms with Gasteiger partial charge in [-0.3, -0.25) is 14.7 Å². The number of rotatable bonds is 3. The predicted molar refractivity (Wildman–Crippen MR) is 92.0 cm³/mol. The molecule has 0 bridgehead atoms. The standard InChI is InChI=1S/C15H21N5O2S/c16-12-4-2-11(3-5-12)14(21)19-6-1-7-20(9-8-19)15(22)13(17)10-23-18/h2-5,10H,1,6-9,16-18H2/b13-10-. The highest BCUT2D eigenvalue weighted by atomic mass is 32.2. The van der Waals surface area contributed by atoms with Crippen LogP contribution in [0.1, 0.15) is 16.8 Å². The zero-order valence-corrected chi connectivity index (χ0v) is 13.6. The highest BCUT2D eigenvalue weighted by Gasteiger charge is 2.23. The smallest absolute Gasteiger partial charge is 0.270 e. The Hall–Kier alpha value is -2.19. The number of nitrogens with two attached hydrogens (primary N) is 3. The molecule has 0 saturated carbocycles. The first-order valence-electron chi connectivity index (χ1n) is 7.28. The molecule has 2 rings (SSSR count). The lowest BCUT2D eigenvalue weighted by Gasteiger charge is -2.22. The van der Waals surface area contributed by atoms with Crippen LogP contribution in [-0.4, -0.2) is 47.8 Å². The van der Waals surface area contributed by atoms with Gasteiger partial charge in [0.1, 0.15) is 5.70 Å². The molecule has 1 saturated heterocycles. The third-order valence-corrected chi connectivity index (χ3v) is 4.06. The monoisotopic (exact) mass is 335 g/mol. The van der Waals surface area contributed by atoms with Gasteiger partial charge in [-0.25, -0.2) is 0 Å². The molecule has 1 aliphatic heterocycles. The molecule has 0 radical (unpaired) electrons. The summed E-state index contributed by atoms with van der Waals surface area (Å²) >= 11 is 0.902. The van der Waals surface area contributed by atoms with Crippen LogP contribution in [0, 0.1) is 0 Å². The van der Waals surface area contributed by atoms with E-state index in [4.69, 9.17) is 16.6 Å². The van der Waals surface area contributed by atoms with E-state index in [1.165, 1.54) is 5.41 Å². The maximum Gasteiger partial charge on any atom is 0.270 e. The van der Waals surface area contributed by atoms with Crippen molar-refractivity contribution in [2.75, 3.05) is 31.9 Å². The average Bonchev–Trinajstić information content (AvgIpc) is 2.80. The Balaban J connectivity index is 2.01. The number of hydrogen-bond donors (Lipinski definition) is 3. The van der Waals surface area contributed by atoms with Gasteiger partial charge < -0.3 is 21.3 Å². The van der Waals surface area contributed by atoms with Crippen molar-refractivity contribution in [2.45, 2.75) is 6.42 Å². The number of benzene rings is 1. The summed E-state index contributed by atoms with van der Waals surface area (Å²) in [5.41, 5.74) is 12.7. The lowest BCUT2D eigenvalue weighted by molar-refractivity contribution is -0.127. The fraction of sp³-hybridized carbons (Fsp3) is 0.333. The third kappa shape index (κ3) is 4.40. The first-order valence-corrected chi connectivity index (χ1v) is 8.22. The molecule has 1 aromatic rings. The zero-order chi connectivity index (χ0) is 16.8. The van der Waals surface area contributed by atoms with Crippen molar-refractivity contribution in [1.29, 1.82) is 0 Å². The Kier molecular flexibility index (Phi) is 5.89. The van der Waals surface area contributed by atoms with E-state index in [-0.39, 0.29) is 17.5 Å². The number of nitrogen functional groups attached to an aromatic ring is 1. The minimum Gasteiger partial charge on any atom is -0.399 e. The van der Waals surface area contributed by atoms with Crippen molar-refractivity contribution in [3.05, 3.63) is 40.9 Å². The molecule has 0 unspecified atom stereocenters. The van der Waals surface area contributed by atoms with Gasteiger partial charge >= 0.3 is 0 Å². The molecule has 1 fully saturated rings. The molecule has 1 aliphatic rings. The largest absolute Gasteiger partial charge is 0.399 e. The molecule has 1 heterocycles. The molecule has 6 N–H and O–H groups in total. The van der Waals surface area contributed by atoms with Crippen molar-refractivity contribution in [3.8, 4) is 0 Å². The first-order chi connectivity index (χ1) is 11.0. The second-order valence-electron chi connectivity index (χ2n) is 5.27. The van der Waals surface area contributed by atoms with Gasteiger partial charge in [-0.1, -0.05) is 11.9 Å². The van der Waals surface area contributed by atoms with Gasteiger partial charge in [0, 0.05) is 42.8 Å². The lowest BCUT2D eigenvalue weighted by atomic mass is 10.2. The van der Waals surface area contributed by atoms with Crippen molar-refractivity contribution in [3.63, 3.8) is 0 Å². The summed E-state index contributed by atoms with van der Waals surface area (Å²) in [6.07, 6.45) is 0.704. The van der Waals surface area contributed by atoms with Crippen LogP contribution in [-0.2, 0) is 4.79 Å². The number of carbonyl (C=O) groups is 2. The van der Waals surface area contributed by atoms with Crippen LogP contribution in [0.4, 0.5) is 5.69 Å². The first kappa shape index (κ1) is 17.2. The molecular weight excluding hydrogens is 314 g/mol. The summed E-state index contributed by atoms with van der Waals surface area (Å²) in [6, 6.07) is 6.84. The molecule has 0 aliphatic carbocycles. The Morgan fingerprint density at radius 2 is 1.65 bits per heavy atom. The van der Waals surface area contributed by atoms with E-state index in [9.17, 15) is 9.59 Å². The summed E-state index contributed by atoms with van der Waals surface area (Å²) in [6.45, 7) is 2.08. The van der Waals surface area contributed by atoms with Crippen LogP contribution in [0.3, 0.4) is 0 Å². The van der Waals surface area contributed by atoms with E-state index in [0.29, 0.717) is 43.9 Å². The van der Waals surface area contributed by atoms with Gasteiger partial charge in [0.2, 0.25) is 0 Å². The zero-order valence-electron chi connectivity index (χ0n) is 12.8. The Morgan fingerprint density at radius 3 is 2.30 bits per heavy atom. The van der Waals surface area contributed by atoms with Crippen molar-refractivity contribution in [1.82, 2.24) is 9.80 Å². The van der Waals surface area contributed by atoms with E-state index < -0.39 is 0 Å². The highest BCUT2D eigenvalue weighted by Crippen LogP contribution is 2.12. The van der Waals surface area contributed by atoms with E-state index in [2.05, 4.69) is 0 Å².